The number of nitrogens with one attached hydrogen (secondary N) is 2. The summed E-state index contributed by atoms with van der Waals surface area (Å²) < 4.78 is 1.94. The van der Waals surface area contributed by atoms with Crippen LogP contribution in [-0.2, 0) is 11.3 Å². The van der Waals surface area contributed by atoms with Gasteiger partial charge in [-0.15, -0.1) is 10.2 Å². The molecule has 7 nitrogen and oxygen atoms in total. The first-order valence-electron chi connectivity index (χ1n) is 9.28. The van der Waals surface area contributed by atoms with Crippen LogP contribution in [0.3, 0.4) is 0 Å². The average Bonchev–Trinajstić information content (AvgIpc) is 3.21. The zero-order chi connectivity index (χ0) is 19.8. The van der Waals surface area contributed by atoms with Crippen molar-refractivity contribution in [2.75, 3.05) is 11.9 Å². The Hall–Kier alpha value is -3.48. The molecule has 2 amide bonds. The molecular formula is C21H23N5O2. The van der Waals surface area contributed by atoms with E-state index in [1.165, 1.54) is 0 Å². The number of nitrogens with zero attached hydrogens (tertiary/aromatic N) is 3. The number of benzene rings is 2. The van der Waals surface area contributed by atoms with Gasteiger partial charge in [-0.2, -0.15) is 0 Å². The van der Waals surface area contributed by atoms with Crippen molar-refractivity contribution in [3.63, 3.8) is 0 Å². The summed E-state index contributed by atoms with van der Waals surface area (Å²) in [6.07, 6.45) is 2.57. The normalized spacial score (nSPS) is 10.5. The van der Waals surface area contributed by atoms with E-state index in [1.807, 2.05) is 54.0 Å². The minimum Gasteiger partial charge on any atom is -0.352 e. The zero-order valence-electron chi connectivity index (χ0n) is 15.8. The molecule has 0 unspecified atom stereocenters. The van der Waals surface area contributed by atoms with Crippen molar-refractivity contribution in [2.24, 2.45) is 0 Å². The number of anilines is 1. The van der Waals surface area contributed by atoms with Gasteiger partial charge in [-0.05, 0) is 37.6 Å². The first-order valence-corrected chi connectivity index (χ1v) is 9.28. The molecule has 3 rings (SSSR count). The molecule has 1 aromatic heterocycles. The lowest BCUT2D eigenvalue weighted by Gasteiger charge is -2.09. The van der Waals surface area contributed by atoms with Crippen molar-refractivity contribution < 1.29 is 9.59 Å². The second-order valence-electron chi connectivity index (χ2n) is 6.30. The molecule has 3 aromatic rings. The Kier molecular flexibility index (Phi) is 6.51. The summed E-state index contributed by atoms with van der Waals surface area (Å²) in [7, 11) is 0. The van der Waals surface area contributed by atoms with Gasteiger partial charge < -0.3 is 15.2 Å². The van der Waals surface area contributed by atoms with Crippen LogP contribution in [0.15, 0.2) is 60.9 Å². The molecule has 0 atom stereocenters. The highest BCUT2D eigenvalue weighted by Crippen LogP contribution is 2.20. The summed E-state index contributed by atoms with van der Waals surface area (Å²) in [4.78, 5) is 24.1. The van der Waals surface area contributed by atoms with Crippen LogP contribution < -0.4 is 10.6 Å². The van der Waals surface area contributed by atoms with E-state index in [0.29, 0.717) is 30.6 Å². The van der Waals surface area contributed by atoms with Gasteiger partial charge in [-0.3, -0.25) is 9.59 Å². The van der Waals surface area contributed by atoms with Crippen LogP contribution in [0.2, 0.25) is 0 Å². The largest absolute Gasteiger partial charge is 0.352 e. The molecule has 2 aromatic carbocycles. The van der Waals surface area contributed by atoms with Gasteiger partial charge in [0.1, 0.15) is 6.33 Å². The molecule has 0 fully saturated rings. The number of carbonyl (C=O) groups excluding carboxylic acids is 2. The number of rotatable bonds is 8. The summed E-state index contributed by atoms with van der Waals surface area (Å²) in [5.41, 5.74) is 2.22. The smallest absolute Gasteiger partial charge is 0.251 e. The van der Waals surface area contributed by atoms with E-state index in [9.17, 15) is 9.59 Å². The first kappa shape index (κ1) is 19.3. The summed E-state index contributed by atoms with van der Waals surface area (Å²) in [6, 6.07) is 16.5. The molecule has 0 spiro atoms. The van der Waals surface area contributed by atoms with Gasteiger partial charge in [-0.1, -0.05) is 30.3 Å². The fraction of sp³-hybridized carbons (Fsp3) is 0.238. The standard InChI is InChI=1S/C21H23N5O2/c1-2-26-15-23-25-20(26)17-10-6-11-18(14-17)24-19(27)12-7-13-22-21(28)16-8-4-3-5-9-16/h3-6,8-11,14-15H,2,7,12-13H2,1H3,(H,22,28)(H,24,27). The third kappa shape index (κ3) is 5.03. The van der Waals surface area contributed by atoms with Crippen molar-refractivity contribution >= 4 is 17.5 Å². The van der Waals surface area contributed by atoms with Crippen LogP contribution in [0.4, 0.5) is 5.69 Å². The highest BCUT2D eigenvalue weighted by molar-refractivity contribution is 5.94. The molecule has 7 heteroatoms. The lowest BCUT2D eigenvalue weighted by atomic mass is 10.1. The second-order valence-corrected chi connectivity index (χ2v) is 6.30. The van der Waals surface area contributed by atoms with Crippen LogP contribution in [0.1, 0.15) is 30.1 Å². The number of aromatic nitrogens is 3. The number of amides is 2. The molecule has 144 valence electrons. The molecule has 0 saturated heterocycles. The van der Waals surface area contributed by atoms with Crippen LogP contribution in [0, 0.1) is 0 Å². The van der Waals surface area contributed by atoms with Crippen LogP contribution >= 0.6 is 0 Å². The highest BCUT2D eigenvalue weighted by atomic mass is 16.2. The third-order valence-electron chi connectivity index (χ3n) is 4.26. The van der Waals surface area contributed by atoms with Gasteiger partial charge >= 0.3 is 0 Å². The molecule has 0 saturated carbocycles. The van der Waals surface area contributed by atoms with Crippen molar-refractivity contribution in [2.45, 2.75) is 26.3 Å². The number of carbonyl (C=O) groups is 2. The zero-order valence-corrected chi connectivity index (χ0v) is 15.8. The van der Waals surface area contributed by atoms with Crippen molar-refractivity contribution in [1.29, 1.82) is 0 Å². The Balaban J connectivity index is 1.47. The maximum Gasteiger partial charge on any atom is 0.251 e. The topological polar surface area (TPSA) is 88.9 Å². The Morgan fingerprint density at radius 2 is 1.89 bits per heavy atom. The van der Waals surface area contributed by atoms with E-state index in [2.05, 4.69) is 20.8 Å². The van der Waals surface area contributed by atoms with Crippen molar-refractivity contribution in [3.05, 3.63) is 66.5 Å². The maximum absolute atomic E-state index is 12.2. The number of hydrogen-bond acceptors (Lipinski definition) is 4. The molecule has 0 aliphatic rings. The van der Waals surface area contributed by atoms with E-state index < -0.39 is 0 Å². The molecule has 1 heterocycles. The Morgan fingerprint density at radius 3 is 2.68 bits per heavy atom. The van der Waals surface area contributed by atoms with Gasteiger partial charge in [-0.25, -0.2) is 0 Å². The molecule has 0 radical (unpaired) electrons. The Bertz CT molecular complexity index is 937. The Morgan fingerprint density at radius 1 is 1.07 bits per heavy atom. The SMILES string of the molecule is CCn1cnnc1-c1cccc(NC(=O)CCCNC(=O)c2ccccc2)c1. The quantitative estimate of drug-likeness (QED) is 0.590. The molecule has 2 N–H and O–H groups in total. The predicted molar refractivity (Wildman–Crippen MR) is 108 cm³/mol. The second kappa shape index (κ2) is 9.45. The van der Waals surface area contributed by atoms with Crippen molar-refractivity contribution in [3.8, 4) is 11.4 Å². The van der Waals surface area contributed by atoms with Gasteiger partial charge in [0, 0.05) is 36.3 Å². The average molecular weight is 377 g/mol. The minimum absolute atomic E-state index is 0.0944. The maximum atomic E-state index is 12.2. The van der Waals surface area contributed by atoms with E-state index >= 15 is 0 Å². The molecule has 0 aliphatic carbocycles. The van der Waals surface area contributed by atoms with Crippen LogP contribution in [0.25, 0.3) is 11.4 Å². The number of hydrogen-bond donors (Lipinski definition) is 2. The third-order valence-corrected chi connectivity index (χ3v) is 4.26. The van der Waals surface area contributed by atoms with E-state index in [4.69, 9.17) is 0 Å². The monoisotopic (exact) mass is 377 g/mol. The molecule has 28 heavy (non-hydrogen) atoms. The summed E-state index contributed by atoms with van der Waals surface area (Å²) >= 11 is 0. The van der Waals surface area contributed by atoms with E-state index in [1.54, 1.807) is 18.5 Å². The van der Waals surface area contributed by atoms with Gasteiger partial charge in [0.05, 0.1) is 0 Å². The van der Waals surface area contributed by atoms with Crippen molar-refractivity contribution in [1.82, 2.24) is 20.1 Å². The fourth-order valence-corrected chi connectivity index (χ4v) is 2.81. The molecule has 0 aliphatic heterocycles. The highest BCUT2D eigenvalue weighted by Gasteiger charge is 2.09. The van der Waals surface area contributed by atoms with E-state index in [0.717, 1.165) is 17.9 Å². The fourth-order valence-electron chi connectivity index (χ4n) is 2.81. The summed E-state index contributed by atoms with van der Waals surface area (Å²) in [5.74, 6) is 0.541. The number of aryl methyl sites for hydroxylation is 1. The lowest BCUT2D eigenvalue weighted by Crippen LogP contribution is -2.25. The van der Waals surface area contributed by atoms with Gasteiger partial charge in [0.25, 0.3) is 5.91 Å². The van der Waals surface area contributed by atoms with E-state index in [-0.39, 0.29) is 11.8 Å². The van der Waals surface area contributed by atoms with Gasteiger partial charge in [0.15, 0.2) is 5.82 Å². The first-order chi connectivity index (χ1) is 13.7. The van der Waals surface area contributed by atoms with Crippen LogP contribution in [-0.4, -0.2) is 33.1 Å². The Labute approximate surface area is 163 Å². The summed E-state index contributed by atoms with van der Waals surface area (Å²) in [6.45, 7) is 3.24. The molecular weight excluding hydrogens is 354 g/mol. The molecule has 0 bridgehead atoms. The minimum atomic E-state index is -0.131. The summed E-state index contributed by atoms with van der Waals surface area (Å²) in [5, 5.41) is 13.8. The van der Waals surface area contributed by atoms with Crippen LogP contribution in [0.5, 0.6) is 0 Å². The van der Waals surface area contributed by atoms with Gasteiger partial charge in [0.2, 0.25) is 5.91 Å². The predicted octanol–water partition coefficient (Wildman–Crippen LogP) is 3.11. The lowest BCUT2D eigenvalue weighted by molar-refractivity contribution is -0.116.